The number of amides is 1. The van der Waals surface area contributed by atoms with Crippen molar-refractivity contribution in [1.82, 2.24) is 14.9 Å². The Balaban J connectivity index is 1.33. The topological polar surface area (TPSA) is 46.9 Å². The largest absolute Gasteiger partial charge is 0.344 e. The summed E-state index contributed by atoms with van der Waals surface area (Å²) in [4.78, 5) is 17.8. The van der Waals surface area contributed by atoms with Gasteiger partial charge >= 0.3 is 0 Å². The number of fused-ring (bicyclic) bond motifs is 1. The van der Waals surface area contributed by atoms with Gasteiger partial charge in [0.15, 0.2) is 0 Å². The Morgan fingerprint density at radius 1 is 1.00 bits per heavy atom. The predicted octanol–water partition coefficient (Wildman–Crippen LogP) is 5.47. The number of halogens is 1. The summed E-state index contributed by atoms with van der Waals surface area (Å²) in [6, 6.07) is 26.8. The van der Waals surface area contributed by atoms with Crippen LogP contribution in [0.3, 0.4) is 0 Å². The highest BCUT2D eigenvalue weighted by atomic mass is 19.1. The van der Waals surface area contributed by atoms with Gasteiger partial charge in [0.05, 0.1) is 6.04 Å². The molecule has 3 aromatic carbocycles. The van der Waals surface area contributed by atoms with Crippen LogP contribution >= 0.6 is 0 Å². The third-order valence-electron chi connectivity index (χ3n) is 6.36. The van der Waals surface area contributed by atoms with E-state index in [1.807, 2.05) is 66.9 Å². The standard InChI is InChI=1S/C28H26FN3O/c29-24-14-11-21(12-15-24)23-13-16-27-30-26(19-32(27)18-23)28(33)31-25(22-9-5-2-6-10-22)17-20-7-3-1-4-8-20/h1-12,14-15,19,23,25H,13,16-18H2,(H,31,33). The van der Waals surface area contributed by atoms with E-state index < -0.39 is 0 Å². The Labute approximate surface area is 193 Å². The Morgan fingerprint density at radius 3 is 2.42 bits per heavy atom. The summed E-state index contributed by atoms with van der Waals surface area (Å²) in [6.45, 7) is 0.743. The minimum Gasteiger partial charge on any atom is -0.344 e. The van der Waals surface area contributed by atoms with Gasteiger partial charge in [0.25, 0.3) is 5.91 Å². The molecule has 0 fully saturated rings. The van der Waals surface area contributed by atoms with Crippen LogP contribution in [0.2, 0.25) is 0 Å². The van der Waals surface area contributed by atoms with Crippen LogP contribution in [0.4, 0.5) is 4.39 Å². The Kier molecular flexibility index (Phi) is 6.03. The van der Waals surface area contributed by atoms with E-state index in [2.05, 4.69) is 27.0 Å². The van der Waals surface area contributed by atoms with Gasteiger partial charge in [-0.1, -0.05) is 72.8 Å². The zero-order valence-corrected chi connectivity index (χ0v) is 18.3. The van der Waals surface area contributed by atoms with Gasteiger partial charge in [0.2, 0.25) is 0 Å². The number of nitrogens with one attached hydrogen (secondary N) is 1. The zero-order chi connectivity index (χ0) is 22.6. The number of nitrogens with zero attached hydrogens (tertiary/aromatic N) is 2. The maximum Gasteiger partial charge on any atom is 0.271 e. The van der Waals surface area contributed by atoms with Crippen LogP contribution in [0.25, 0.3) is 0 Å². The minimum absolute atomic E-state index is 0.146. The molecule has 2 heterocycles. The molecule has 33 heavy (non-hydrogen) atoms. The summed E-state index contributed by atoms with van der Waals surface area (Å²) in [5, 5.41) is 3.20. The quantitative estimate of drug-likeness (QED) is 0.433. The van der Waals surface area contributed by atoms with E-state index in [9.17, 15) is 9.18 Å². The van der Waals surface area contributed by atoms with Crippen molar-refractivity contribution in [3.8, 4) is 0 Å². The molecule has 2 atom stereocenters. The van der Waals surface area contributed by atoms with Crippen LogP contribution in [-0.4, -0.2) is 15.5 Å². The first kappa shape index (κ1) is 21.1. The van der Waals surface area contributed by atoms with Gasteiger partial charge in [-0.2, -0.15) is 0 Å². The third kappa shape index (κ3) is 4.87. The molecule has 0 bridgehead atoms. The smallest absolute Gasteiger partial charge is 0.271 e. The second-order valence-corrected chi connectivity index (χ2v) is 8.61. The van der Waals surface area contributed by atoms with Crippen molar-refractivity contribution in [3.05, 3.63) is 125 Å². The average Bonchev–Trinajstić information content (AvgIpc) is 3.29. The molecule has 1 aliphatic heterocycles. The number of imidazole rings is 1. The lowest BCUT2D eigenvalue weighted by Crippen LogP contribution is -2.30. The molecule has 1 amide bonds. The molecule has 2 unspecified atom stereocenters. The molecule has 0 radical (unpaired) electrons. The number of hydrogen-bond acceptors (Lipinski definition) is 2. The second-order valence-electron chi connectivity index (χ2n) is 8.61. The van der Waals surface area contributed by atoms with Crippen LogP contribution in [0, 0.1) is 5.82 Å². The summed E-state index contributed by atoms with van der Waals surface area (Å²) in [7, 11) is 0. The maximum atomic E-state index is 13.3. The summed E-state index contributed by atoms with van der Waals surface area (Å²) in [5.74, 6) is 0.830. The van der Waals surface area contributed by atoms with Gasteiger partial charge in [0.1, 0.15) is 17.3 Å². The minimum atomic E-state index is -0.222. The number of rotatable bonds is 6. The molecule has 5 rings (SSSR count). The molecule has 5 heteroatoms. The Bertz CT molecular complexity index is 1220. The molecule has 166 valence electrons. The molecule has 0 aliphatic carbocycles. The Hall–Kier alpha value is -3.73. The molecular weight excluding hydrogens is 413 g/mol. The molecule has 4 aromatic rings. The van der Waals surface area contributed by atoms with E-state index in [4.69, 9.17) is 0 Å². The van der Waals surface area contributed by atoms with Crippen molar-refractivity contribution in [2.75, 3.05) is 0 Å². The van der Waals surface area contributed by atoms with Crippen LogP contribution in [-0.2, 0) is 19.4 Å². The van der Waals surface area contributed by atoms with Gasteiger partial charge in [-0.05, 0) is 41.7 Å². The molecule has 0 spiro atoms. The van der Waals surface area contributed by atoms with E-state index in [-0.39, 0.29) is 17.8 Å². The van der Waals surface area contributed by atoms with Crippen molar-refractivity contribution in [2.45, 2.75) is 37.8 Å². The van der Waals surface area contributed by atoms with Crippen LogP contribution < -0.4 is 5.32 Å². The molecule has 1 aliphatic rings. The highest BCUT2D eigenvalue weighted by Crippen LogP contribution is 2.29. The highest BCUT2D eigenvalue weighted by Gasteiger charge is 2.25. The van der Waals surface area contributed by atoms with Crippen molar-refractivity contribution < 1.29 is 9.18 Å². The monoisotopic (exact) mass is 439 g/mol. The van der Waals surface area contributed by atoms with Crippen molar-refractivity contribution in [1.29, 1.82) is 0 Å². The van der Waals surface area contributed by atoms with E-state index >= 15 is 0 Å². The van der Waals surface area contributed by atoms with Gasteiger partial charge in [0, 0.05) is 25.1 Å². The first-order valence-corrected chi connectivity index (χ1v) is 11.4. The van der Waals surface area contributed by atoms with Gasteiger partial charge in [-0.3, -0.25) is 4.79 Å². The number of aryl methyl sites for hydroxylation is 1. The molecular formula is C28H26FN3O. The van der Waals surface area contributed by atoms with E-state index in [1.165, 1.54) is 12.1 Å². The number of carbonyl (C=O) groups is 1. The summed E-state index contributed by atoms with van der Waals surface area (Å²) >= 11 is 0. The van der Waals surface area contributed by atoms with Crippen LogP contribution in [0.5, 0.6) is 0 Å². The van der Waals surface area contributed by atoms with Crippen LogP contribution in [0.1, 0.15) is 51.4 Å². The first-order valence-electron chi connectivity index (χ1n) is 11.4. The molecule has 0 saturated heterocycles. The fourth-order valence-electron chi connectivity index (χ4n) is 4.58. The normalized spacial score (nSPS) is 16.1. The van der Waals surface area contributed by atoms with Crippen molar-refractivity contribution >= 4 is 5.91 Å². The lowest BCUT2D eigenvalue weighted by molar-refractivity contribution is 0.0931. The van der Waals surface area contributed by atoms with Crippen LogP contribution in [0.15, 0.2) is 91.1 Å². The van der Waals surface area contributed by atoms with Crippen molar-refractivity contribution in [3.63, 3.8) is 0 Å². The fraction of sp³-hybridized carbons (Fsp3) is 0.214. The maximum absolute atomic E-state index is 13.3. The van der Waals surface area contributed by atoms with E-state index in [0.29, 0.717) is 18.0 Å². The first-order chi connectivity index (χ1) is 16.2. The average molecular weight is 440 g/mol. The lowest BCUT2D eigenvalue weighted by atomic mass is 9.92. The van der Waals surface area contributed by atoms with Gasteiger partial charge < -0.3 is 9.88 Å². The fourth-order valence-corrected chi connectivity index (χ4v) is 4.58. The molecule has 4 nitrogen and oxygen atoms in total. The summed E-state index contributed by atoms with van der Waals surface area (Å²) in [5.41, 5.74) is 3.79. The Morgan fingerprint density at radius 2 is 1.70 bits per heavy atom. The number of carbonyl (C=O) groups excluding carboxylic acids is 1. The number of hydrogen-bond donors (Lipinski definition) is 1. The molecule has 0 saturated carbocycles. The summed E-state index contributed by atoms with van der Waals surface area (Å²) in [6.07, 6.45) is 4.29. The highest BCUT2D eigenvalue weighted by molar-refractivity contribution is 5.92. The molecule has 1 N–H and O–H groups in total. The van der Waals surface area contributed by atoms with E-state index in [1.54, 1.807) is 0 Å². The molecule has 1 aromatic heterocycles. The predicted molar refractivity (Wildman–Crippen MR) is 126 cm³/mol. The second kappa shape index (κ2) is 9.41. The zero-order valence-electron chi connectivity index (χ0n) is 18.3. The summed E-state index contributed by atoms with van der Waals surface area (Å²) < 4.78 is 15.4. The van der Waals surface area contributed by atoms with Gasteiger partial charge in [-0.15, -0.1) is 0 Å². The third-order valence-corrected chi connectivity index (χ3v) is 6.36. The van der Waals surface area contributed by atoms with Gasteiger partial charge in [-0.25, -0.2) is 9.37 Å². The lowest BCUT2D eigenvalue weighted by Gasteiger charge is -2.24. The van der Waals surface area contributed by atoms with E-state index in [0.717, 1.165) is 41.9 Å². The number of aromatic nitrogens is 2. The van der Waals surface area contributed by atoms with Crippen molar-refractivity contribution in [2.24, 2.45) is 0 Å². The number of benzene rings is 3. The SMILES string of the molecule is O=C(NC(Cc1ccccc1)c1ccccc1)c1cn2c(n1)CCC(c1ccc(F)cc1)C2.